The van der Waals surface area contributed by atoms with E-state index < -0.39 is 5.97 Å². The van der Waals surface area contributed by atoms with Crippen molar-refractivity contribution in [2.45, 2.75) is 12.8 Å². The summed E-state index contributed by atoms with van der Waals surface area (Å²) in [6.45, 7) is 0.519. The summed E-state index contributed by atoms with van der Waals surface area (Å²) in [5, 5.41) is 18.5. The van der Waals surface area contributed by atoms with Gasteiger partial charge >= 0.3 is 5.97 Å². The molecule has 5 heteroatoms. The molecule has 4 nitrogen and oxygen atoms in total. The van der Waals surface area contributed by atoms with Gasteiger partial charge in [-0.1, -0.05) is 11.6 Å². The number of phenols is 1. The Morgan fingerprint density at radius 1 is 1.60 bits per heavy atom. The molecule has 0 amide bonds. The quantitative estimate of drug-likeness (QED) is 0.807. The molecular weight excluding hydrogens is 220 g/mol. The monoisotopic (exact) mass is 228 g/mol. The molecule has 0 fully saturated rings. The lowest BCUT2D eigenvalue weighted by molar-refractivity contribution is -0.136. The maximum atomic E-state index is 10.5. The molecule has 2 N–H and O–H groups in total. The number of ether oxygens (including phenoxy) is 1. The fourth-order valence-electron chi connectivity index (χ4n) is 1.63. The maximum Gasteiger partial charge on any atom is 0.307 e. The molecule has 80 valence electrons. The number of carboxylic acids is 1. The number of aliphatic carboxylic acids is 1. The number of carboxylic acid groups (broad SMARTS) is 1. The van der Waals surface area contributed by atoms with Gasteiger partial charge in [0.05, 0.1) is 18.1 Å². The second kappa shape index (κ2) is 3.62. The Bertz CT molecular complexity index is 428. The van der Waals surface area contributed by atoms with Gasteiger partial charge in [-0.3, -0.25) is 4.79 Å². The molecule has 1 heterocycles. The number of rotatable bonds is 2. The molecule has 0 spiro atoms. The topological polar surface area (TPSA) is 66.8 Å². The number of benzene rings is 1. The molecule has 0 unspecified atom stereocenters. The van der Waals surface area contributed by atoms with Crippen molar-refractivity contribution in [3.63, 3.8) is 0 Å². The first-order valence-electron chi connectivity index (χ1n) is 4.47. The summed E-state index contributed by atoms with van der Waals surface area (Å²) in [6, 6.07) is 1.54. The van der Waals surface area contributed by atoms with Gasteiger partial charge < -0.3 is 14.9 Å². The smallest absolute Gasteiger partial charge is 0.307 e. The average molecular weight is 229 g/mol. The molecule has 1 aliphatic rings. The fourth-order valence-corrected chi connectivity index (χ4v) is 1.94. The predicted molar refractivity (Wildman–Crippen MR) is 53.7 cm³/mol. The normalized spacial score (nSPS) is 13.4. The largest absolute Gasteiger partial charge is 0.506 e. The lowest BCUT2D eigenvalue weighted by atomic mass is 10.1. The number of fused-ring (bicyclic) bond motifs is 1. The lowest BCUT2D eigenvalue weighted by Gasteiger charge is -2.08. The third kappa shape index (κ3) is 1.72. The Morgan fingerprint density at radius 2 is 2.33 bits per heavy atom. The van der Waals surface area contributed by atoms with Gasteiger partial charge in [0.2, 0.25) is 0 Å². The Labute approximate surface area is 91.1 Å². The Kier molecular flexibility index (Phi) is 2.44. The molecule has 0 aromatic heterocycles. The zero-order chi connectivity index (χ0) is 11.0. The molecular formula is C10H9ClO4. The second-order valence-corrected chi connectivity index (χ2v) is 3.72. The summed E-state index contributed by atoms with van der Waals surface area (Å²) >= 11 is 5.90. The van der Waals surface area contributed by atoms with Gasteiger partial charge in [-0.05, 0) is 6.07 Å². The highest BCUT2D eigenvalue weighted by atomic mass is 35.5. The van der Waals surface area contributed by atoms with Crippen LogP contribution in [0.3, 0.4) is 0 Å². The first kappa shape index (κ1) is 10.1. The molecule has 1 aromatic rings. The van der Waals surface area contributed by atoms with Gasteiger partial charge in [0.1, 0.15) is 11.5 Å². The first-order valence-corrected chi connectivity index (χ1v) is 4.85. The average Bonchev–Trinajstić information content (AvgIpc) is 2.61. The van der Waals surface area contributed by atoms with E-state index in [9.17, 15) is 9.90 Å². The molecule has 1 aromatic carbocycles. The molecule has 1 aliphatic heterocycles. The third-order valence-corrected chi connectivity index (χ3v) is 2.74. The molecule has 0 saturated heterocycles. The molecule has 0 radical (unpaired) electrons. The van der Waals surface area contributed by atoms with E-state index in [0.717, 1.165) is 5.56 Å². The van der Waals surface area contributed by atoms with Crippen molar-refractivity contribution in [1.82, 2.24) is 0 Å². The van der Waals surface area contributed by atoms with Gasteiger partial charge in [0.25, 0.3) is 0 Å². The number of carbonyl (C=O) groups is 1. The van der Waals surface area contributed by atoms with E-state index in [4.69, 9.17) is 21.4 Å². The van der Waals surface area contributed by atoms with Crippen LogP contribution < -0.4 is 4.74 Å². The van der Waals surface area contributed by atoms with E-state index in [2.05, 4.69) is 0 Å². The highest BCUT2D eigenvalue weighted by Crippen LogP contribution is 2.40. The van der Waals surface area contributed by atoms with Crippen molar-refractivity contribution in [3.05, 3.63) is 22.2 Å². The van der Waals surface area contributed by atoms with Crippen LogP contribution in [0.2, 0.25) is 5.02 Å². The van der Waals surface area contributed by atoms with Crippen LogP contribution in [-0.2, 0) is 17.6 Å². The summed E-state index contributed by atoms with van der Waals surface area (Å²) in [5.74, 6) is -0.586. The Morgan fingerprint density at radius 3 is 3.00 bits per heavy atom. The lowest BCUT2D eigenvalue weighted by Crippen LogP contribution is -2.01. The molecule has 0 bridgehead atoms. The van der Waals surface area contributed by atoms with Gasteiger partial charge in [-0.25, -0.2) is 0 Å². The number of aromatic hydroxyl groups is 1. The van der Waals surface area contributed by atoms with Crippen LogP contribution >= 0.6 is 11.6 Å². The van der Waals surface area contributed by atoms with Crippen molar-refractivity contribution < 1.29 is 19.7 Å². The summed E-state index contributed by atoms with van der Waals surface area (Å²) < 4.78 is 5.27. The van der Waals surface area contributed by atoms with Crippen molar-refractivity contribution in [3.8, 4) is 11.5 Å². The van der Waals surface area contributed by atoms with Crippen LogP contribution in [-0.4, -0.2) is 22.8 Å². The number of hydrogen-bond acceptors (Lipinski definition) is 3. The van der Waals surface area contributed by atoms with E-state index >= 15 is 0 Å². The summed E-state index contributed by atoms with van der Waals surface area (Å²) in [6.07, 6.45) is 0.386. The number of hydrogen-bond donors (Lipinski definition) is 2. The fraction of sp³-hybridized carbons (Fsp3) is 0.300. The van der Waals surface area contributed by atoms with Gasteiger partial charge in [-0.2, -0.15) is 0 Å². The van der Waals surface area contributed by atoms with Gasteiger partial charge in [0, 0.05) is 17.5 Å². The van der Waals surface area contributed by atoms with Gasteiger partial charge in [0.15, 0.2) is 0 Å². The van der Waals surface area contributed by atoms with E-state index in [1.54, 1.807) is 0 Å². The number of halogens is 1. The van der Waals surface area contributed by atoms with Crippen molar-refractivity contribution >= 4 is 17.6 Å². The molecule has 15 heavy (non-hydrogen) atoms. The minimum Gasteiger partial charge on any atom is -0.506 e. The predicted octanol–water partition coefficient (Wildman–Crippen LogP) is 1.61. The van der Waals surface area contributed by atoms with Crippen molar-refractivity contribution in [1.29, 1.82) is 0 Å². The third-order valence-electron chi connectivity index (χ3n) is 2.33. The Balaban J connectivity index is 2.49. The first-order chi connectivity index (χ1) is 7.09. The summed E-state index contributed by atoms with van der Waals surface area (Å²) in [5.41, 5.74) is 1.04. The van der Waals surface area contributed by atoms with Crippen molar-refractivity contribution in [2.24, 2.45) is 0 Å². The minimum absolute atomic E-state index is 0.150. The summed E-state index contributed by atoms with van der Waals surface area (Å²) in [7, 11) is 0. The van der Waals surface area contributed by atoms with Crippen LogP contribution in [0.1, 0.15) is 11.1 Å². The summed E-state index contributed by atoms with van der Waals surface area (Å²) in [4.78, 5) is 10.5. The second-order valence-electron chi connectivity index (χ2n) is 3.34. The standard InChI is InChI=1S/C10H9ClO4/c11-9-6-1-2-15-7(6)3-5(10(9)14)4-8(12)13/h3,14H,1-2,4H2,(H,12,13). The van der Waals surface area contributed by atoms with Crippen LogP contribution in [0, 0.1) is 0 Å². The number of phenolic OH excluding ortho intramolecular Hbond substituents is 1. The van der Waals surface area contributed by atoms with Gasteiger partial charge in [-0.15, -0.1) is 0 Å². The SMILES string of the molecule is O=C(O)Cc1cc2c(c(Cl)c1O)CCO2. The molecule has 0 aliphatic carbocycles. The van der Waals surface area contributed by atoms with E-state index in [1.807, 2.05) is 0 Å². The minimum atomic E-state index is -1.01. The van der Waals surface area contributed by atoms with Crippen LogP contribution in [0.4, 0.5) is 0 Å². The van der Waals surface area contributed by atoms with Crippen LogP contribution in [0.5, 0.6) is 11.5 Å². The van der Waals surface area contributed by atoms with E-state index in [1.165, 1.54) is 6.07 Å². The van der Waals surface area contributed by atoms with Crippen LogP contribution in [0.15, 0.2) is 6.07 Å². The molecule has 0 atom stereocenters. The molecule has 2 rings (SSSR count). The zero-order valence-corrected chi connectivity index (χ0v) is 8.54. The van der Waals surface area contributed by atoms with E-state index in [0.29, 0.717) is 18.8 Å². The van der Waals surface area contributed by atoms with Crippen molar-refractivity contribution in [2.75, 3.05) is 6.61 Å². The zero-order valence-electron chi connectivity index (χ0n) is 7.79. The van der Waals surface area contributed by atoms with E-state index in [-0.39, 0.29) is 22.8 Å². The highest BCUT2D eigenvalue weighted by Gasteiger charge is 2.22. The molecule has 0 saturated carbocycles. The van der Waals surface area contributed by atoms with Crippen LogP contribution in [0.25, 0.3) is 0 Å². The Hall–Kier alpha value is -1.42. The maximum absolute atomic E-state index is 10.5. The highest BCUT2D eigenvalue weighted by molar-refractivity contribution is 6.33.